The van der Waals surface area contributed by atoms with Crippen LogP contribution in [0.15, 0.2) is 46.3 Å². The quantitative estimate of drug-likeness (QED) is 0.491. The number of aryl methyl sites for hydroxylation is 1. The molecule has 0 aliphatic heterocycles. The van der Waals surface area contributed by atoms with Gasteiger partial charge in [0, 0.05) is 24.0 Å². The van der Waals surface area contributed by atoms with Crippen LogP contribution in [0.3, 0.4) is 0 Å². The Morgan fingerprint density at radius 1 is 1.47 bits per heavy atom. The van der Waals surface area contributed by atoms with Crippen LogP contribution < -0.4 is 11.1 Å². The van der Waals surface area contributed by atoms with Crippen molar-refractivity contribution in [3.63, 3.8) is 0 Å². The van der Waals surface area contributed by atoms with Crippen LogP contribution >= 0.6 is 0 Å². The summed E-state index contributed by atoms with van der Waals surface area (Å²) in [6, 6.07) is 8.05. The predicted molar refractivity (Wildman–Crippen MR) is 79.3 cm³/mol. The number of rotatable bonds is 5. The molecule has 1 aromatic heterocycles. The van der Waals surface area contributed by atoms with Crippen LogP contribution in [0, 0.1) is 6.92 Å². The van der Waals surface area contributed by atoms with E-state index >= 15 is 0 Å². The molecule has 0 saturated carbocycles. The average molecular weight is 257 g/mol. The van der Waals surface area contributed by atoms with Crippen LogP contribution in [0.4, 0.5) is 0 Å². The monoisotopic (exact) mass is 257 g/mol. The van der Waals surface area contributed by atoms with E-state index in [1.165, 1.54) is 5.56 Å². The number of benzene rings is 1. The third-order valence-corrected chi connectivity index (χ3v) is 2.97. The number of guanidine groups is 1. The number of hydrogen-bond donors (Lipinski definition) is 2. The second kappa shape index (κ2) is 6.09. The molecule has 0 saturated heterocycles. The van der Waals surface area contributed by atoms with Gasteiger partial charge in [0.2, 0.25) is 0 Å². The molecular formula is C15H19N3O. The fourth-order valence-corrected chi connectivity index (χ4v) is 2.05. The van der Waals surface area contributed by atoms with E-state index in [-0.39, 0.29) is 0 Å². The van der Waals surface area contributed by atoms with Crippen molar-refractivity contribution in [3.8, 4) is 0 Å². The molecule has 0 unspecified atom stereocenters. The summed E-state index contributed by atoms with van der Waals surface area (Å²) in [6.07, 6.45) is 2.56. The van der Waals surface area contributed by atoms with Gasteiger partial charge in [-0.25, -0.2) is 0 Å². The van der Waals surface area contributed by atoms with E-state index in [0.29, 0.717) is 19.0 Å². The highest BCUT2D eigenvalue weighted by Crippen LogP contribution is 2.25. The van der Waals surface area contributed by atoms with E-state index in [4.69, 9.17) is 10.2 Å². The van der Waals surface area contributed by atoms with Crippen LogP contribution in [0.25, 0.3) is 11.0 Å². The molecule has 4 nitrogen and oxygen atoms in total. The van der Waals surface area contributed by atoms with Crippen molar-refractivity contribution in [3.05, 3.63) is 48.2 Å². The molecule has 19 heavy (non-hydrogen) atoms. The minimum absolute atomic E-state index is 0.449. The zero-order chi connectivity index (χ0) is 13.7. The van der Waals surface area contributed by atoms with Crippen LogP contribution in [-0.4, -0.2) is 19.0 Å². The molecular weight excluding hydrogens is 238 g/mol. The maximum Gasteiger partial charge on any atom is 0.188 e. The molecule has 100 valence electrons. The van der Waals surface area contributed by atoms with E-state index < -0.39 is 0 Å². The molecule has 0 atom stereocenters. The molecule has 1 aromatic carbocycles. The normalized spacial score (nSPS) is 11.7. The van der Waals surface area contributed by atoms with Gasteiger partial charge in [-0.1, -0.05) is 24.3 Å². The zero-order valence-corrected chi connectivity index (χ0v) is 11.1. The van der Waals surface area contributed by atoms with Gasteiger partial charge in [-0.3, -0.25) is 4.99 Å². The highest BCUT2D eigenvalue weighted by atomic mass is 16.3. The summed E-state index contributed by atoms with van der Waals surface area (Å²) in [5, 5.41) is 4.11. The zero-order valence-electron chi connectivity index (χ0n) is 11.1. The highest BCUT2D eigenvalue weighted by molar-refractivity contribution is 5.82. The molecule has 0 bridgehead atoms. The summed E-state index contributed by atoms with van der Waals surface area (Å²) in [7, 11) is 0. The van der Waals surface area contributed by atoms with Crippen LogP contribution in [0.1, 0.15) is 11.3 Å². The van der Waals surface area contributed by atoms with Crippen LogP contribution in [-0.2, 0) is 6.42 Å². The van der Waals surface area contributed by atoms with Crippen LogP contribution in [0.2, 0.25) is 0 Å². The van der Waals surface area contributed by atoms with E-state index in [2.05, 4.69) is 23.0 Å². The number of aliphatic imine (C=N–C) groups is 1. The van der Waals surface area contributed by atoms with Crippen molar-refractivity contribution in [2.45, 2.75) is 13.3 Å². The SMILES string of the molecule is C=CCNC(N)=NCCc1c(C)oc2ccccc12. The number of para-hydroxylation sites is 1. The van der Waals surface area contributed by atoms with Crippen molar-refractivity contribution in [1.29, 1.82) is 0 Å². The largest absolute Gasteiger partial charge is 0.461 e. The first-order chi connectivity index (χ1) is 9.22. The van der Waals surface area contributed by atoms with E-state index in [1.54, 1.807) is 6.08 Å². The Kier molecular flexibility index (Phi) is 4.23. The Balaban J connectivity index is 2.05. The second-order valence-corrected chi connectivity index (χ2v) is 4.32. The Morgan fingerprint density at radius 2 is 2.26 bits per heavy atom. The van der Waals surface area contributed by atoms with Crippen molar-refractivity contribution >= 4 is 16.9 Å². The van der Waals surface area contributed by atoms with Crippen molar-refractivity contribution in [2.75, 3.05) is 13.1 Å². The molecule has 3 N–H and O–H groups in total. The lowest BCUT2D eigenvalue weighted by molar-refractivity contribution is 0.572. The lowest BCUT2D eigenvalue weighted by atomic mass is 10.1. The summed E-state index contributed by atoms with van der Waals surface area (Å²) < 4.78 is 5.71. The summed E-state index contributed by atoms with van der Waals surface area (Å²) in [4.78, 5) is 4.28. The minimum Gasteiger partial charge on any atom is -0.461 e. The van der Waals surface area contributed by atoms with Crippen molar-refractivity contribution in [2.24, 2.45) is 10.7 Å². The van der Waals surface area contributed by atoms with Gasteiger partial charge < -0.3 is 15.5 Å². The van der Waals surface area contributed by atoms with Gasteiger partial charge in [-0.2, -0.15) is 0 Å². The predicted octanol–water partition coefficient (Wildman–Crippen LogP) is 2.37. The molecule has 0 aliphatic carbocycles. The summed E-state index contributed by atoms with van der Waals surface area (Å²) in [5.41, 5.74) is 7.85. The molecule has 2 aromatic rings. The molecule has 0 amide bonds. The number of hydrogen-bond acceptors (Lipinski definition) is 2. The first-order valence-electron chi connectivity index (χ1n) is 6.34. The maximum atomic E-state index is 5.72. The summed E-state index contributed by atoms with van der Waals surface area (Å²) >= 11 is 0. The molecule has 0 fully saturated rings. The lowest BCUT2D eigenvalue weighted by Crippen LogP contribution is -2.31. The molecule has 4 heteroatoms. The molecule has 0 spiro atoms. The smallest absolute Gasteiger partial charge is 0.188 e. The summed E-state index contributed by atoms with van der Waals surface area (Å²) in [6.45, 7) is 6.87. The number of furan rings is 1. The molecule has 2 rings (SSSR count). The molecule has 0 aliphatic rings. The third kappa shape index (κ3) is 3.16. The van der Waals surface area contributed by atoms with E-state index in [9.17, 15) is 0 Å². The molecule has 0 radical (unpaired) electrons. The van der Waals surface area contributed by atoms with Crippen molar-refractivity contribution in [1.82, 2.24) is 5.32 Å². The number of nitrogens with two attached hydrogens (primary N) is 1. The van der Waals surface area contributed by atoms with Gasteiger partial charge in [0.1, 0.15) is 11.3 Å². The standard InChI is InChI=1S/C15H19N3O/c1-3-9-17-15(16)18-10-8-12-11(2)19-14-7-5-4-6-13(12)14/h3-7H,1,8-10H2,2H3,(H3,16,17,18). The van der Waals surface area contributed by atoms with Gasteiger partial charge in [0.05, 0.1) is 0 Å². The first-order valence-corrected chi connectivity index (χ1v) is 6.34. The minimum atomic E-state index is 0.449. The first kappa shape index (κ1) is 13.2. The van der Waals surface area contributed by atoms with Gasteiger partial charge in [0.25, 0.3) is 0 Å². The van der Waals surface area contributed by atoms with Crippen LogP contribution in [0.5, 0.6) is 0 Å². The van der Waals surface area contributed by atoms with Gasteiger partial charge in [0.15, 0.2) is 5.96 Å². The Bertz CT molecular complexity index is 598. The third-order valence-electron chi connectivity index (χ3n) is 2.97. The average Bonchev–Trinajstić information content (AvgIpc) is 2.73. The molecule has 1 heterocycles. The Hall–Kier alpha value is -2.23. The number of nitrogens with zero attached hydrogens (tertiary/aromatic N) is 1. The van der Waals surface area contributed by atoms with Gasteiger partial charge in [-0.15, -0.1) is 6.58 Å². The fourth-order valence-electron chi connectivity index (χ4n) is 2.05. The fraction of sp³-hybridized carbons (Fsp3) is 0.267. The lowest BCUT2D eigenvalue weighted by Gasteiger charge is -2.02. The van der Waals surface area contributed by atoms with Gasteiger partial charge in [-0.05, 0) is 19.4 Å². The van der Waals surface area contributed by atoms with E-state index in [0.717, 1.165) is 23.2 Å². The number of nitrogens with one attached hydrogen (secondary N) is 1. The van der Waals surface area contributed by atoms with Gasteiger partial charge >= 0.3 is 0 Å². The Morgan fingerprint density at radius 3 is 3.05 bits per heavy atom. The summed E-state index contributed by atoms with van der Waals surface area (Å²) in [5.74, 6) is 1.40. The van der Waals surface area contributed by atoms with E-state index in [1.807, 2.05) is 25.1 Å². The second-order valence-electron chi connectivity index (χ2n) is 4.32. The Labute approximate surface area is 113 Å². The maximum absolute atomic E-state index is 5.72. The highest BCUT2D eigenvalue weighted by Gasteiger charge is 2.09. The topological polar surface area (TPSA) is 63.5 Å². The van der Waals surface area contributed by atoms with Crippen molar-refractivity contribution < 1.29 is 4.42 Å². The number of fused-ring (bicyclic) bond motifs is 1.